The van der Waals surface area contributed by atoms with E-state index in [0.717, 1.165) is 27.8 Å². The molecule has 0 saturated heterocycles. The normalized spacial score (nSPS) is 13.0. The number of aryl methyl sites for hydroxylation is 2. The Hall–Kier alpha value is -1.78. The highest BCUT2D eigenvalue weighted by Gasteiger charge is 2.12. The van der Waals surface area contributed by atoms with E-state index < -0.39 is 0 Å². The van der Waals surface area contributed by atoms with E-state index in [4.69, 9.17) is 9.72 Å². The van der Waals surface area contributed by atoms with Crippen LogP contribution in [0.3, 0.4) is 0 Å². The van der Waals surface area contributed by atoms with Gasteiger partial charge in [0, 0.05) is 16.0 Å². The molecule has 1 aliphatic rings. The number of hydrogen-bond acceptors (Lipinski definition) is 4. The zero-order chi connectivity index (χ0) is 16.4. The van der Waals surface area contributed by atoms with Crippen LogP contribution < -0.4 is 4.74 Å². The van der Waals surface area contributed by atoms with E-state index >= 15 is 0 Å². The molecule has 0 radical (unpaired) electrons. The van der Waals surface area contributed by atoms with Crippen molar-refractivity contribution in [2.45, 2.75) is 29.9 Å². The van der Waals surface area contributed by atoms with Crippen LogP contribution in [0.5, 0.6) is 5.75 Å². The summed E-state index contributed by atoms with van der Waals surface area (Å²) >= 11 is 3.55. The zero-order valence-corrected chi connectivity index (χ0v) is 15.3. The second-order valence-corrected chi connectivity index (χ2v) is 7.82. The summed E-state index contributed by atoms with van der Waals surface area (Å²) in [7, 11) is 1.71. The lowest BCUT2D eigenvalue weighted by Crippen LogP contribution is -1.88. The molecule has 0 unspecified atom stereocenters. The largest absolute Gasteiger partial charge is 0.496 e. The number of para-hydroxylation sites is 1. The Morgan fingerprint density at radius 1 is 1.12 bits per heavy atom. The maximum absolute atomic E-state index is 5.44. The van der Waals surface area contributed by atoms with Gasteiger partial charge < -0.3 is 4.74 Å². The molecule has 0 atom stereocenters. The molecule has 0 N–H and O–H groups in total. The minimum Gasteiger partial charge on any atom is -0.496 e. The van der Waals surface area contributed by atoms with Crippen LogP contribution in [0.15, 0.2) is 52.7 Å². The van der Waals surface area contributed by atoms with Crippen molar-refractivity contribution in [3.8, 4) is 16.3 Å². The summed E-state index contributed by atoms with van der Waals surface area (Å²) in [5, 5.41) is 3.18. The summed E-state index contributed by atoms with van der Waals surface area (Å²) in [6.45, 7) is 0. The van der Waals surface area contributed by atoms with Gasteiger partial charge in [0.15, 0.2) is 0 Å². The fourth-order valence-electron chi connectivity index (χ4n) is 3.11. The van der Waals surface area contributed by atoms with Gasteiger partial charge in [0.25, 0.3) is 0 Å². The minimum absolute atomic E-state index is 0.879. The number of benzene rings is 2. The van der Waals surface area contributed by atoms with Crippen LogP contribution in [0, 0.1) is 0 Å². The Labute approximate surface area is 150 Å². The first-order valence-corrected chi connectivity index (χ1v) is 10.0. The van der Waals surface area contributed by atoms with Gasteiger partial charge in [-0.25, -0.2) is 4.98 Å². The highest BCUT2D eigenvalue weighted by molar-refractivity contribution is 7.98. The van der Waals surface area contributed by atoms with E-state index in [0.29, 0.717) is 0 Å². The maximum Gasteiger partial charge on any atom is 0.129 e. The van der Waals surface area contributed by atoms with Gasteiger partial charge in [-0.15, -0.1) is 23.1 Å². The third-order valence-corrected chi connectivity index (χ3v) is 6.30. The van der Waals surface area contributed by atoms with E-state index in [-0.39, 0.29) is 0 Å². The summed E-state index contributed by atoms with van der Waals surface area (Å²) in [6.07, 6.45) is 3.78. The Morgan fingerprint density at radius 3 is 2.92 bits per heavy atom. The number of thiazole rings is 1. The number of aromatic nitrogens is 1. The number of fused-ring (bicyclic) bond motifs is 1. The van der Waals surface area contributed by atoms with Crippen LogP contribution in [-0.4, -0.2) is 12.1 Å². The summed E-state index contributed by atoms with van der Waals surface area (Å²) in [5.41, 5.74) is 5.27. The Morgan fingerprint density at radius 2 is 2.00 bits per heavy atom. The van der Waals surface area contributed by atoms with Crippen molar-refractivity contribution in [2.75, 3.05) is 7.11 Å². The van der Waals surface area contributed by atoms with Crippen LogP contribution in [0.4, 0.5) is 0 Å². The Balaban J connectivity index is 1.47. The van der Waals surface area contributed by atoms with E-state index in [1.165, 1.54) is 35.3 Å². The number of ether oxygens (including phenoxy) is 1. The van der Waals surface area contributed by atoms with Gasteiger partial charge in [-0.05, 0) is 54.7 Å². The SMILES string of the molecule is COc1ccccc1-c1nc(CSc2ccc3c(c2)CCC3)cs1. The van der Waals surface area contributed by atoms with E-state index in [1.54, 1.807) is 18.4 Å². The molecule has 1 heterocycles. The van der Waals surface area contributed by atoms with Crippen LogP contribution in [0.25, 0.3) is 10.6 Å². The quantitative estimate of drug-likeness (QED) is 0.557. The van der Waals surface area contributed by atoms with Gasteiger partial charge in [0.2, 0.25) is 0 Å². The second kappa shape index (κ2) is 6.99. The second-order valence-electron chi connectivity index (χ2n) is 5.92. The third kappa shape index (κ3) is 3.21. The fourth-order valence-corrected chi connectivity index (χ4v) is 4.92. The monoisotopic (exact) mass is 353 g/mol. The van der Waals surface area contributed by atoms with Crippen LogP contribution >= 0.6 is 23.1 Å². The van der Waals surface area contributed by atoms with E-state index in [1.807, 2.05) is 30.0 Å². The van der Waals surface area contributed by atoms with Gasteiger partial charge in [-0.3, -0.25) is 0 Å². The summed E-state index contributed by atoms with van der Waals surface area (Å²) < 4.78 is 5.44. The first-order valence-electron chi connectivity index (χ1n) is 8.16. The Kier molecular flexibility index (Phi) is 4.58. The molecule has 3 aromatic rings. The lowest BCUT2D eigenvalue weighted by atomic mass is 10.1. The molecule has 4 rings (SSSR count). The molecule has 0 bridgehead atoms. The molecular weight excluding hydrogens is 334 g/mol. The molecule has 122 valence electrons. The van der Waals surface area contributed by atoms with Crippen molar-refractivity contribution in [1.82, 2.24) is 4.98 Å². The molecule has 1 aromatic heterocycles. The molecule has 24 heavy (non-hydrogen) atoms. The molecule has 2 aromatic carbocycles. The molecule has 4 heteroatoms. The van der Waals surface area contributed by atoms with Gasteiger partial charge in [-0.1, -0.05) is 18.2 Å². The van der Waals surface area contributed by atoms with Crippen molar-refractivity contribution >= 4 is 23.1 Å². The smallest absolute Gasteiger partial charge is 0.129 e. The van der Waals surface area contributed by atoms with E-state index in [2.05, 4.69) is 29.6 Å². The molecule has 0 saturated carbocycles. The first-order chi connectivity index (χ1) is 11.8. The molecule has 2 nitrogen and oxygen atoms in total. The fraction of sp³-hybridized carbons (Fsp3) is 0.250. The average molecular weight is 354 g/mol. The maximum atomic E-state index is 5.44. The third-order valence-electron chi connectivity index (χ3n) is 4.35. The van der Waals surface area contributed by atoms with Crippen LogP contribution in [0.1, 0.15) is 23.2 Å². The predicted octanol–water partition coefficient (Wildman–Crippen LogP) is 5.60. The van der Waals surface area contributed by atoms with Crippen molar-refractivity contribution in [1.29, 1.82) is 0 Å². The number of rotatable bonds is 5. The molecular formula is C20H19NOS2. The Bertz CT molecular complexity index is 856. The number of hydrogen-bond donors (Lipinski definition) is 0. The van der Waals surface area contributed by atoms with Crippen molar-refractivity contribution in [2.24, 2.45) is 0 Å². The number of nitrogens with zero attached hydrogens (tertiary/aromatic N) is 1. The van der Waals surface area contributed by atoms with Crippen LogP contribution in [0.2, 0.25) is 0 Å². The van der Waals surface area contributed by atoms with Gasteiger partial charge >= 0.3 is 0 Å². The summed E-state index contributed by atoms with van der Waals surface area (Å²) in [5.74, 6) is 1.79. The summed E-state index contributed by atoms with van der Waals surface area (Å²) in [6, 6.07) is 15.0. The molecule has 0 amide bonds. The van der Waals surface area contributed by atoms with Gasteiger partial charge in [0.1, 0.15) is 10.8 Å². The number of methoxy groups -OCH3 is 1. The van der Waals surface area contributed by atoms with Gasteiger partial charge in [0.05, 0.1) is 18.4 Å². The highest BCUT2D eigenvalue weighted by Crippen LogP contribution is 2.34. The lowest BCUT2D eigenvalue weighted by Gasteiger charge is -2.05. The number of thioether (sulfide) groups is 1. The zero-order valence-electron chi connectivity index (χ0n) is 13.6. The van der Waals surface area contributed by atoms with Crippen molar-refractivity contribution in [3.05, 3.63) is 64.7 Å². The molecule has 0 aliphatic heterocycles. The van der Waals surface area contributed by atoms with Crippen molar-refractivity contribution < 1.29 is 4.74 Å². The standard InChI is InChI=1S/C20H19NOS2/c1-22-19-8-3-2-7-18(19)20-21-16(13-24-20)12-23-17-10-9-14-5-4-6-15(14)11-17/h2-3,7-11,13H,4-6,12H2,1H3. The predicted molar refractivity (Wildman–Crippen MR) is 102 cm³/mol. The topological polar surface area (TPSA) is 22.1 Å². The van der Waals surface area contributed by atoms with Crippen molar-refractivity contribution in [3.63, 3.8) is 0 Å². The molecule has 0 spiro atoms. The lowest BCUT2D eigenvalue weighted by molar-refractivity contribution is 0.416. The molecule has 1 aliphatic carbocycles. The molecule has 0 fully saturated rings. The average Bonchev–Trinajstić information content (AvgIpc) is 3.28. The summed E-state index contributed by atoms with van der Waals surface area (Å²) in [4.78, 5) is 6.14. The highest BCUT2D eigenvalue weighted by atomic mass is 32.2. The van der Waals surface area contributed by atoms with E-state index in [9.17, 15) is 0 Å². The minimum atomic E-state index is 0.879. The van der Waals surface area contributed by atoms with Gasteiger partial charge in [-0.2, -0.15) is 0 Å². The van der Waals surface area contributed by atoms with Crippen LogP contribution in [-0.2, 0) is 18.6 Å². The first kappa shape index (κ1) is 15.7.